The van der Waals surface area contributed by atoms with E-state index in [-0.39, 0.29) is 11.2 Å². The Bertz CT molecular complexity index is 779. The molecule has 25 heavy (non-hydrogen) atoms. The van der Waals surface area contributed by atoms with Crippen molar-refractivity contribution in [3.05, 3.63) is 29.4 Å². The highest BCUT2D eigenvalue weighted by Crippen LogP contribution is 2.37. The van der Waals surface area contributed by atoms with Gasteiger partial charge in [0.1, 0.15) is 0 Å². The first-order chi connectivity index (χ1) is 11.8. The molecule has 0 spiro atoms. The molecule has 0 radical (unpaired) electrons. The second-order valence-electron chi connectivity index (χ2n) is 8.10. The van der Waals surface area contributed by atoms with Gasteiger partial charge in [0.05, 0.1) is 21.7 Å². The molecule has 6 heteroatoms. The van der Waals surface area contributed by atoms with E-state index in [1.807, 2.05) is 6.07 Å². The van der Waals surface area contributed by atoms with Crippen molar-refractivity contribution >= 4 is 35.1 Å². The molecule has 2 saturated heterocycles. The standard InChI is InChI=1S/C19H25BClNO3/c1-18(2)19(3,4)25-20(24-18)14-11-13-5-8-22(17(13)16(21)12-14)15-6-9-23-10-7-15/h5,8,11-12,15H,6-7,9-10H2,1-4H3. The second kappa shape index (κ2) is 6.02. The topological polar surface area (TPSA) is 32.6 Å². The van der Waals surface area contributed by atoms with Crippen LogP contribution < -0.4 is 5.46 Å². The predicted molar refractivity (Wildman–Crippen MR) is 102 cm³/mol. The van der Waals surface area contributed by atoms with Crippen molar-refractivity contribution in [2.45, 2.75) is 57.8 Å². The molecular weight excluding hydrogens is 336 g/mol. The van der Waals surface area contributed by atoms with Crippen LogP contribution in [0, 0.1) is 0 Å². The third kappa shape index (κ3) is 2.91. The summed E-state index contributed by atoms with van der Waals surface area (Å²) in [5.41, 5.74) is 1.36. The first-order valence-electron chi connectivity index (χ1n) is 9.02. The highest BCUT2D eigenvalue weighted by Gasteiger charge is 2.51. The Balaban J connectivity index is 1.70. The van der Waals surface area contributed by atoms with Crippen LogP contribution in [0.4, 0.5) is 0 Å². The molecule has 0 amide bonds. The Labute approximate surface area is 154 Å². The van der Waals surface area contributed by atoms with Crippen molar-refractivity contribution in [3.63, 3.8) is 0 Å². The van der Waals surface area contributed by atoms with Gasteiger partial charge in [-0.1, -0.05) is 17.7 Å². The van der Waals surface area contributed by atoms with Crippen LogP contribution in [0.25, 0.3) is 10.9 Å². The maximum absolute atomic E-state index is 6.69. The third-order valence-corrected chi connectivity index (χ3v) is 6.19. The SMILES string of the molecule is CC1(C)OB(c2cc(Cl)c3c(ccn3C3CCOCC3)c2)OC1(C)C. The van der Waals surface area contributed by atoms with Crippen LogP contribution >= 0.6 is 11.6 Å². The van der Waals surface area contributed by atoms with Crippen molar-refractivity contribution in [1.82, 2.24) is 4.57 Å². The highest BCUT2D eigenvalue weighted by atomic mass is 35.5. The highest BCUT2D eigenvalue weighted by molar-refractivity contribution is 6.63. The molecule has 4 rings (SSSR count). The molecule has 0 N–H and O–H groups in total. The van der Waals surface area contributed by atoms with Gasteiger partial charge in [0.15, 0.2) is 0 Å². The van der Waals surface area contributed by atoms with Crippen molar-refractivity contribution in [1.29, 1.82) is 0 Å². The van der Waals surface area contributed by atoms with Crippen LogP contribution in [0.5, 0.6) is 0 Å². The van der Waals surface area contributed by atoms with Gasteiger partial charge in [-0.05, 0) is 58.1 Å². The lowest BCUT2D eigenvalue weighted by molar-refractivity contribution is 0.00578. The lowest BCUT2D eigenvalue weighted by Crippen LogP contribution is -2.41. The Morgan fingerprint density at radius 3 is 2.36 bits per heavy atom. The fourth-order valence-electron chi connectivity index (χ4n) is 3.66. The van der Waals surface area contributed by atoms with E-state index >= 15 is 0 Å². The fraction of sp³-hybridized carbons (Fsp3) is 0.579. The predicted octanol–water partition coefficient (Wildman–Crippen LogP) is 3.95. The Kier molecular flexibility index (Phi) is 4.19. The lowest BCUT2D eigenvalue weighted by Gasteiger charge is -2.32. The van der Waals surface area contributed by atoms with Gasteiger partial charge in [-0.3, -0.25) is 0 Å². The van der Waals surface area contributed by atoms with Crippen LogP contribution in [0.15, 0.2) is 24.4 Å². The summed E-state index contributed by atoms with van der Waals surface area (Å²) < 4.78 is 20.1. The molecule has 0 atom stereocenters. The molecule has 1 aromatic carbocycles. The zero-order chi connectivity index (χ0) is 17.8. The average Bonchev–Trinajstić information content (AvgIpc) is 3.07. The van der Waals surface area contributed by atoms with Crippen molar-refractivity contribution in [2.24, 2.45) is 0 Å². The van der Waals surface area contributed by atoms with E-state index in [1.54, 1.807) is 0 Å². The molecule has 2 fully saturated rings. The smallest absolute Gasteiger partial charge is 0.399 e. The number of nitrogens with zero attached hydrogens (tertiary/aromatic N) is 1. The Morgan fingerprint density at radius 2 is 1.72 bits per heavy atom. The minimum Gasteiger partial charge on any atom is -0.399 e. The van der Waals surface area contributed by atoms with Gasteiger partial charge < -0.3 is 18.6 Å². The number of benzene rings is 1. The van der Waals surface area contributed by atoms with Gasteiger partial charge in [-0.25, -0.2) is 0 Å². The van der Waals surface area contributed by atoms with Gasteiger partial charge in [-0.15, -0.1) is 0 Å². The molecule has 1 aromatic heterocycles. The first-order valence-corrected chi connectivity index (χ1v) is 9.40. The minimum absolute atomic E-state index is 0.354. The van der Waals surface area contributed by atoms with Crippen molar-refractivity contribution < 1.29 is 14.0 Å². The molecule has 134 valence electrons. The molecular formula is C19H25BClNO3. The number of fused-ring (bicyclic) bond motifs is 1. The van der Waals surface area contributed by atoms with Crippen LogP contribution in [0.1, 0.15) is 46.6 Å². The number of hydrogen-bond donors (Lipinski definition) is 0. The number of hydrogen-bond acceptors (Lipinski definition) is 3. The Hall–Kier alpha value is -1.01. The van der Waals surface area contributed by atoms with Gasteiger partial charge in [0.2, 0.25) is 0 Å². The van der Waals surface area contributed by atoms with Crippen LogP contribution in [-0.4, -0.2) is 36.1 Å². The maximum Gasteiger partial charge on any atom is 0.494 e. The molecule has 2 aromatic rings. The van der Waals surface area contributed by atoms with Gasteiger partial charge in [0, 0.05) is 30.8 Å². The van der Waals surface area contributed by atoms with E-state index in [9.17, 15) is 0 Å². The average molecular weight is 362 g/mol. The molecule has 3 heterocycles. The number of rotatable bonds is 2. The monoisotopic (exact) mass is 361 g/mol. The van der Waals surface area contributed by atoms with E-state index in [2.05, 4.69) is 50.6 Å². The summed E-state index contributed by atoms with van der Waals surface area (Å²) in [6.07, 6.45) is 4.19. The van der Waals surface area contributed by atoms with E-state index in [0.29, 0.717) is 6.04 Å². The molecule has 2 aliphatic rings. The molecule has 4 nitrogen and oxygen atoms in total. The largest absolute Gasteiger partial charge is 0.494 e. The molecule has 2 aliphatic heterocycles. The van der Waals surface area contributed by atoms with E-state index in [4.69, 9.17) is 25.6 Å². The zero-order valence-electron chi connectivity index (χ0n) is 15.3. The van der Waals surface area contributed by atoms with Crippen LogP contribution in [0.2, 0.25) is 5.02 Å². The maximum atomic E-state index is 6.69. The number of aromatic nitrogens is 1. The summed E-state index contributed by atoms with van der Waals surface area (Å²) in [6, 6.07) is 6.71. The van der Waals surface area contributed by atoms with Crippen molar-refractivity contribution in [2.75, 3.05) is 13.2 Å². The minimum atomic E-state index is -0.390. The first kappa shape index (κ1) is 17.4. The summed E-state index contributed by atoms with van der Waals surface area (Å²) in [7, 11) is -0.390. The summed E-state index contributed by atoms with van der Waals surface area (Å²) >= 11 is 6.69. The lowest BCUT2D eigenvalue weighted by atomic mass is 9.78. The quantitative estimate of drug-likeness (QED) is 0.759. The normalized spacial score (nSPS) is 23.5. The summed E-state index contributed by atoms with van der Waals surface area (Å²) in [4.78, 5) is 0. The molecule has 0 bridgehead atoms. The van der Waals surface area contributed by atoms with E-state index in [0.717, 1.165) is 47.4 Å². The zero-order valence-corrected chi connectivity index (χ0v) is 16.1. The van der Waals surface area contributed by atoms with Gasteiger partial charge in [0.25, 0.3) is 0 Å². The van der Waals surface area contributed by atoms with E-state index < -0.39 is 7.12 Å². The number of ether oxygens (including phenoxy) is 1. The summed E-state index contributed by atoms with van der Waals surface area (Å²) in [5, 5.41) is 1.88. The van der Waals surface area contributed by atoms with Crippen molar-refractivity contribution in [3.8, 4) is 0 Å². The summed E-state index contributed by atoms with van der Waals surface area (Å²) in [6.45, 7) is 9.88. The van der Waals surface area contributed by atoms with Gasteiger partial charge >= 0.3 is 7.12 Å². The van der Waals surface area contributed by atoms with Crippen LogP contribution in [0.3, 0.4) is 0 Å². The third-order valence-electron chi connectivity index (χ3n) is 5.90. The molecule has 0 unspecified atom stereocenters. The fourth-order valence-corrected chi connectivity index (χ4v) is 3.99. The Morgan fingerprint density at radius 1 is 1.08 bits per heavy atom. The van der Waals surface area contributed by atoms with Gasteiger partial charge in [-0.2, -0.15) is 0 Å². The number of halogens is 1. The molecule has 0 saturated carbocycles. The summed E-state index contributed by atoms with van der Waals surface area (Å²) in [5.74, 6) is 0. The van der Waals surface area contributed by atoms with E-state index in [1.165, 1.54) is 0 Å². The van der Waals surface area contributed by atoms with Crippen LogP contribution in [-0.2, 0) is 14.0 Å². The second-order valence-corrected chi connectivity index (χ2v) is 8.50. The molecule has 0 aliphatic carbocycles.